The number of carbonyl (C=O) groups excluding carboxylic acids is 1. The van der Waals surface area contributed by atoms with Crippen molar-refractivity contribution in [2.45, 2.75) is 5.41 Å². The first-order valence-electron chi connectivity index (χ1n) is 12.0. The van der Waals surface area contributed by atoms with Crippen molar-refractivity contribution in [3.8, 4) is 11.5 Å². The summed E-state index contributed by atoms with van der Waals surface area (Å²) in [7, 11) is 0. The molecule has 0 N–H and O–H groups in total. The van der Waals surface area contributed by atoms with E-state index in [0.29, 0.717) is 17.1 Å². The van der Waals surface area contributed by atoms with Gasteiger partial charge in [-0.3, -0.25) is 0 Å². The molecule has 0 amide bonds. The van der Waals surface area contributed by atoms with Crippen LogP contribution in [0.25, 0.3) is 0 Å². The van der Waals surface area contributed by atoms with Crippen LogP contribution in [0.3, 0.4) is 0 Å². The van der Waals surface area contributed by atoms with Crippen molar-refractivity contribution in [2.24, 2.45) is 0 Å². The summed E-state index contributed by atoms with van der Waals surface area (Å²) < 4.78 is 25.2. The second kappa shape index (κ2) is 10.9. The Labute approximate surface area is 215 Å². The molecule has 0 aliphatic heterocycles. The number of halogens is 1. The first-order valence-corrected chi connectivity index (χ1v) is 12.0. The molecule has 0 aliphatic rings. The number of esters is 1. The molecule has 0 fully saturated rings. The lowest BCUT2D eigenvalue weighted by Crippen LogP contribution is -2.36. The Hall–Kier alpha value is -4.70. The molecule has 5 rings (SSSR count). The third kappa shape index (κ3) is 5.29. The molecule has 0 radical (unpaired) electrons. The molecular weight excluding hydrogens is 463 g/mol. The maximum absolute atomic E-state index is 13.3. The molecule has 5 aromatic carbocycles. The van der Waals surface area contributed by atoms with Crippen LogP contribution >= 0.6 is 0 Å². The summed E-state index contributed by atoms with van der Waals surface area (Å²) in [5.74, 6) is 0.464. The fourth-order valence-electron chi connectivity index (χ4n) is 4.47. The molecule has 0 bridgehead atoms. The SMILES string of the molecule is O=C(OCC(c1ccccc1)(c1ccccc1)c1ccc(Oc2ccc(F)cc2)cc1)c1ccccc1. The Kier molecular flexibility index (Phi) is 7.09. The van der Waals surface area contributed by atoms with Crippen LogP contribution < -0.4 is 4.74 Å². The Morgan fingerprint density at radius 1 is 0.568 bits per heavy atom. The summed E-state index contributed by atoms with van der Waals surface area (Å²) in [4.78, 5) is 13.0. The smallest absolute Gasteiger partial charge is 0.338 e. The van der Waals surface area contributed by atoms with Gasteiger partial charge in [-0.15, -0.1) is 0 Å². The highest BCUT2D eigenvalue weighted by Crippen LogP contribution is 2.40. The van der Waals surface area contributed by atoms with Gasteiger partial charge in [0.15, 0.2) is 0 Å². The Morgan fingerprint density at radius 2 is 1.00 bits per heavy atom. The lowest BCUT2D eigenvalue weighted by atomic mass is 9.70. The fourth-order valence-corrected chi connectivity index (χ4v) is 4.47. The van der Waals surface area contributed by atoms with Gasteiger partial charge in [0.05, 0.1) is 11.0 Å². The van der Waals surface area contributed by atoms with E-state index in [1.807, 2.05) is 103 Å². The van der Waals surface area contributed by atoms with Crippen LogP contribution in [-0.2, 0) is 10.2 Å². The summed E-state index contributed by atoms with van der Waals surface area (Å²) >= 11 is 0. The van der Waals surface area contributed by atoms with Gasteiger partial charge in [0.25, 0.3) is 0 Å². The summed E-state index contributed by atoms with van der Waals surface area (Å²) in [6.45, 7) is 0.104. The zero-order valence-electron chi connectivity index (χ0n) is 20.1. The Morgan fingerprint density at radius 3 is 1.51 bits per heavy atom. The molecule has 0 aliphatic carbocycles. The quantitative estimate of drug-likeness (QED) is 0.165. The van der Waals surface area contributed by atoms with E-state index in [1.54, 1.807) is 24.3 Å². The van der Waals surface area contributed by atoms with Crippen molar-refractivity contribution in [2.75, 3.05) is 6.61 Å². The molecule has 37 heavy (non-hydrogen) atoms. The van der Waals surface area contributed by atoms with E-state index in [1.165, 1.54) is 12.1 Å². The molecule has 0 aromatic heterocycles. The number of rotatable bonds is 8. The minimum atomic E-state index is -0.763. The van der Waals surface area contributed by atoms with Gasteiger partial charge in [0.1, 0.15) is 23.9 Å². The van der Waals surface area contributed by atoms with Crippen LogP contribution in [-0.4, -0.2) is 12.6 Å². The van der Waals surface area contributed by atoms with Crippen molar-refractivity contribution < 1.29 is 18.7 Å². The van der Waals surface area contributed by atoms with Gasteiger partial charge in [-0.1, -0.05) is 91.0 Å². The van der Waals surface area contributed by atoms with E-state index in [2.05, 4.69) is 0 Å². The molecule has 0 saturated carbocycles. The Bertz CT molecular complexity index is 1390. The number of benzene rings is 5. The van der Waals surface area contributed by atoms with Crippen LogP contribution in [0, 0.1) is 5.82 Å². The van der Waals surface area contributed by atoms with Crippen molar-refractivity contribution in [1.29, 1.82) is 0 Å². The van der Waals surface area contributed by atoms with Crippen LogP contribution in [0.2, 0.25) is 0 Å². The maximum atomic E-state index is 13.3. The normalized spacial score (nSPS) is 11.1. The molecular formula is C33H25FO3. The highest BCUT2D eigenvalue weighted by molar-refractivity contribution is 5.89. The second-order valence-electron chi connectivity index (χ2n) is 8.66. The summed E-state index contributed by atoms with van der Waals surface area (Å²) in [5, 5.41) is 0. The van der Waals surface area contributed by atoms with Crippen LogP contribution in [0.4, 0.5) is 4.39 Å². The van der Waals surface area contributed by atoms with Gasteiger partial charge in [-0.2, -0.15) is 0 Å². The van der Waals surface area contributed by atoms with E-state index in [9.17, 15) is 9.18 Å². The highest BCUT2D eigenvalue weighted by atomic mass is 19.1. The molecule has 0 spiro atoms. The molecule has 0 heterocycles. The van der Waals surface area contributed by atoms with E-state index in [0.717, 1.165) is 16.7 Å². The van der Waals surface area contributed by atoms with Crippen molar-refractivity contribution >= 4 is 5.97 Å². The standard InChI is InChI=1S/C33H25FO3/c34-29-18-22-31(23-19-29)37-30-20-16-28(17-21-30)33(26-12-6-2-7-13-26,27-14-8-3-9-15-27)24-36-32(35)25-10-4-1-5-11-25/h1-23H,24H2. The molecule has 0 unspecified atom stereocenters. The Balaban J connectivity index is 1.55. The lowest BCUT2D eigenvalue weighted by molar-refractivity contribution is 0.0454. The molecule has 4 heteroatoms. The number of ether oxygens (including phenoxy) is 2. The number of hydrogen-bond donors (Lipinski definition) is 0. The summed E-state index contributed by atoms with van der Waals surface area (Å²) in [6, 6.07) is 42.7. The predicted molar refractivity (Wildman–Crippen MR) is 142 cm³/mol. The van der Waals surface area contributed by atoms with Gasteiger partial charge in [-0.25, -0.2) is 9.18 Å². The van der Waals surface area contributed by atoms with Crippen molar-refractivity contribution in [3.63, 3.8) is 0 Å². The molecule has 182 valence electrons. The van der Waals surface area contributed by atoms with E-state index < -0.39 is 5.41 Å². The average Bonchev–Trinajstić information content (AvgIpc) is 2.97. The minimum Gasteiger partial charge on any atom is -0.460 e. The van der Waals surface area contributed by atoms with Gasteiger partial charge in [0.2, 0.25) is 0 Å². The number of hydrogen-bond acceptors (Lipinski definition) is 3. The molecule has 3 nitrogen and oxygen atoms in total. The third-order valence-corrected chi connectivity index (χ3v) is 6.36. The first kappa shape index (κ1) is 24.0. The number of carbonyl (C=O) groups is 1. The second-order valence-corrected chi connectivity index (χ2v) is 8.66. The van der Waals surface area contributed by atoms with Crippen molar-refractivity contribution in [1.82, 2.24) is 0 Å². The van der Waals surface area contributed by atoms with Crippen LogP contribution in [0.15, 0.2) is 140 Å². The minimum absolute atomic E-state index is 0.104. The van der Waals surface area contributed by atoms with E-state index >= 15 is 0 Å². The summed E-state index contributed by atoms with van der Waals surface area (Å²) in [6.07, 6.45) is 0. The van der Waals surface area contributed by atoms with Crippen LogP contribution in [0.1, 0.15) is 27.0 Å². The lowest BCUT2D eigenvalue weighted by Gasteiger charge is -2.35. The maximum Gasteiger partial charge on any atom is 0.338 e. The average molecular weight is 489 g/mol. The molecule has 0 atom stereocenters. The molecule has 0 saturated heterocycles. The predicted octanol–water partition coefficient (Wildman–Crippen LogP) is 7.81. The van der Waals surface area contributed by atoms with E-state index in [-0.39, 0.29) is 18.4 Å². The largest absolute Gasteiger partial charge is 0.460 e. The topological polar surface area (TPSA) is 35.5 Å². The monoisotopic (exact) mass is 488 g/mol. The fraction of sp³-hybridized carbons (Fsp3) is 0.0606. The molecule has 5 aromatic rings. The van der Waals surface area contributed by atoms with Gasteiger partial charge < -0.3 is 9.47 Å². The zero-order valence-corrected chi connectivity index (χ0v) is 20.1. The zero-order chi connectivity index (χ0) is 25.5. The van der Waals surface area contributed by atoms with Gasteiger partial charge >= 0.3 is 5.97 Å². The highest BCUT2D eigenvalue weighted by Gasteiger charge is 2.38. The first-order chi connectivity index (χ1) is 18.1. The van der Waals surface area contributed by atoms with E-state index in [4.69, 9.17) is 9.47 Å². The van der Waals surface area contributed by atoms with Crippen LogP contribution in [0.5, 0.6) is 11.5 Å². The van der Waals surface area contributed by atoms with Gasteiger partial charge in [0, 0.05) is 0 Å². The third-order valence-electron chi connectivity index (χ3n) is 6.36. The van der Waals surface area contributed by atoms with Gasteiger partial charge in [-0.05, 0) is 65.2 Å². The summed E-state index contributed by atoms with van der Waals surface area (Å²) in [5.41, 5.74) is 2.67. The van der Waals surface area contributed by atoms with Crippen molar-refractivity contribution in [3.05, 3.63) is 168 Å².